The molecule has 0 fully saturated rings. The van der Waals surface area contributed by atoms with Crippen LogP contribution in [0.4, 0.5) is 11.4 Å². The van der Waals surface area contributed by atoms with Crippen LogP contribution in [0, 0.1) is 0 Å². The molecule has 0 spiro atoms. The summed E-state index contributed by atoms with van der Waals surface area (Å²) < 4.78 is 9.94. The Hall–Kier alpha value is -2.31. The molecule has 116 valence electrons. The summed E-state index contributed by atoms with van der Waals surface area (Å²) in [5.41, 5.74) is 1.25. The van der Waals surface area contributed by atoms with E-state index in [0.717, 1.165) is 5.69 Å². The maximum atomic E-state index is 11.9. The number of esters is 1. The first-order valence-electron chi connectivity index (χ1n) is 6.65. The highest BCUT2D eigenvalue weighted by molar-refractivity contribution is 5.97. The Morgan fingerprint density at radius 1 is 1.33 bits per heavy atom. The summed E-state index contributed by atoms with van der Waals surface area (Å²) in [7, 11) is 5.18. The third-order valence-corrected chi connectivity index (χ3v) is 2.70. The van der Waals surface area contributed by atoms with Crippen molar-refractivity contribution in [2.45, 2.75) is 19.8 Å². The lowest BCUT2D eigenvalue weighted by atomic mass is 10.2. The first kappa shape index (κ1) is 16.7. The normalized spacial score (nSPS) is 9.90. The summed E-state index contributed by atoms with van der Waals surface area (Å²) in [5.74, 6) is -0.359. The van der Waals surface area contributed by atoms with Crippen LogP contribution >= 0.6 is 0 Å². The number of pyridine rings is 1. The molecular formula is C14H21N3O4. The molecule has 0 unspecified atom stereocenters. The topological polar surface area (TPSA) is 80.8 Å². The van der Waals surface area contributed by atoms with E-state index in [2.05, 4.69) is 10.3 Å². The minimum atomic E-state index is -0.390. The van der Waals surface area contributed by atoms with E-state index in [1.165, 1.54) is 7.11 Å². The molecular weight excluding hydrogens is 274 g/mol. The molecule has 0 radical (unpaired) electrons. The van der Waals surface area contributed by atoms with Crippen molar-refractivity contribution in [1.29, 1.82) is 0 Å². The Labute approximate surface area is 124 Å². The van der Waals surface area contributed by atoms with E-state index in [9.17, 15) is 9.59 Å². The molecule has 0 atom stereocenters. The maximum Gasteiger partial charge on any atom is 0.306 e. The Balaban J connectivity index is 2.77. The lowest BCUT2D eigenvalue weighted by Gasteiger charge is -2.19. The molecule has 0 saturated carbocycles. The number of hydrogen-bond acceptors (Lipinski definition) is 6. The van der Waals surface area contributed by atoms with Crippen molar-refractivity contribution in [1.82, 2.24) is 4.98 Å². The molecule has 0 aliphatic rings. The zero-order valence-electron chi connectivity index (χ0n) is 12.8. The largest absolute Gasteiger partial charge is 0.479 e. The van der Waals surface area contributed by atoms with Crippen molar-refractivity contribution in [3.05, 3.63) is 12.3 Å². The molecule has 1 aromatic heterocycles. The van der Waals surface area contributed by atoms with Crippen LogP contribution in [0.5, 0.6) is 5.88 Å². The molecule has 1 heterocycles. The molecule has 1 aromatic rings. The number of amides is 1. The van der Waals surface area contributed by atoms with Gasteiger partial charge in [0.1, 0.15) is 5.69 Å². The van der Waals surface area contributed by atoms with Crippen molar-refractivity contribution in [2.24, 2.45) is 0 Å². The zero-order valence-corrected chi connectivity index (χ0v) is 12.8. The van der Waals surface area contributed by atoms with Gasteiger partial charge in [0.05, 0.1) is 25.8 Å². The maximum absolute atomic E-state index is 11.9. The van der Waals surface area contributed by atoms with E-state index in [1.54, 1.807) is 19.2 Å². The van der Waals surface area contributed by atoms with E-state index in [-0.39, 0.29) is 18.7 Å². The Kier molecular flexibility index (Phi) is 6.45. The number of nitrogens with zero attached hydrogens (tertiary/aromatic N) is 2. The van der Waals surface area contributed by atoms with Gasteiger partial charge in [-0.1, -0.05) is 0 Å². The summed E-state index contributed by atoms with van der Waals surface area (Å²) in [6, 6.07) is 1.77. The van der Waals surface area contributed by atoms with E-state index >= 15 is 0 Å². The number of rotatable bonds is 7. The molecule has 7 nitrogen and oxygen atoms in total. The molecule has 1 N–H and O–H groups in total. The number of nitrogens with one attached hydrogen (secondary N) is 1. The first-order valence-corrected chi connectivity index (χ1v) is 6.65. The third-order valence-electron chi connectivity index (χ3n) is 2.70. The summed E-state index contributed by atoms with van der Waals surface area (Å²) in [6.07, 6.45) is 1.69. The second-order valence-electron chi connectivity index (χ2n) is 4.46. The lowest BCUT2D eigenvalue weighted by molar-refractivity contribution is -0.144. The van der Waals surface area contributed by atoms with E-state index < -0.39 is 5.97 Å². The van der Waals surface area contributed by atoms with Crippen LogP contribution in [0.15, 0.2) is 12.3 Å². The first-order chi connectivity index (χ1) is 9.99. The van der Waals surface area contributed by atoms with Crippen LogP contribution in [-0.4, -0.2) is 44.7 Å². The number of ether oxygens (including phenoxy) is 2. The number of hydrogen-bond donors (Lipinski definition) is 1. The second-order valence-corrected chi connectivity index (χ2v) is 4.46. The van der Waals surface area contributed by atoms with Gasteiger partial charge in [-0.3, -0.25) is 9.59 Å². The SMILES string of the molecule is CCOC(=O)CCC(=O)Nc1c(N(C)C)ccnc1OC. The van der Waals surface area contributed by atoms with Crippen LogP contribution in [-0.2, 0) is 14.3 Å². The molecule has 21 heavy (non-hydrogen) atoms. The predicted octanol–water partition coefficient (Wildman–Crippen LogP) is 1.44. The molecule has 0 bridgehead atoms. The number of methoxy groups -OCH3 is 1. The number of carbonyl (C=O) groups excluding carboxylic acids is 2. The van der Waals surface area contributed by atoms with Crippen LogP contribution in [0.2, 0.25) is 0 Å². The fourth-order valence-electron chi connectivity index (χ4n) is 1.73. The van der Waals surface area contributed by atoms with Crippen molar-refractivity contribution in [3.63, 3.8) is 0 Å². The highest BCUT2D eigenvalue weighted by Crippen LogP contribution is 2.32. The average Bonchev–Trinajstić information content (AvgIpc) is 2.45. The quantitative estimate of drug-likeness (QED) is 0.767. The number of carbonyl (C=O) groups is 2. The summed E-state index contributed by atoms with van der Waals surface area (Å²) >= 11 is 0. The van der Waals surface area contributed by atoms with Gasteiger partial charge in [-0.2, -0.15) is 0 Å². The van der Waals surface area contributed by atoms with E-state index in [4.69, 9.17) is 9.47 Å². The van der Waals surface area contributed by atoms with Gasteiger partial charge < -0.3 is 19.7 Å². The van der Waals surface area contributed by atoms with Gasteiger partial charge in [-0.25, -0.2) is 4.98 Å². The predicted molar refractivity (Wildman–Crippen MR) is 79.6 cm³/mol. The molecule has 0 aliphatic heterocycles. The standard InChI is InChI=1S/C14H21N3O4/c1-5-21-12(19)7-6-11(18)16-13-10(17(2)3)8-9-15-14(13)20-4/h8-9H,5-7H2,1-4H3,(H,16,18). The van der Waals surface area contributed by atoms with Crippen molar-refractivity contribution < 1.29 is 19.1 Å². The Bertz CT molecular complexity index is 503. The van der Waals surface area contributed by atoms with Gasteiger partial charge in [0.25, 0.3) is 0 Å². The smallest absolute Gasteiger partial charge is 0.306 e. The molecule has 0 aromatic carbocycles. The van der Waals surface area contributed by atoms with Crippen molar-refractivity contribution in [3.8, 4) is 5.88 Å². The van der Waals surface area contributed by atoms with E-state index in [1.807, 2.05) is 19.0 Å². The van der Waals surface area contributed by atoms with Crippen LogP contribution in [0.1, 0.15) is 19.8 Å². The lowest BCUT2D eigenvalue weighted by Crippen LogP contribution is -2.19. The molecule has 0 aliphatic carbocycles. The molecule has 1 rings (SSSR count). The van der Waals surface area contributed by atoms with Crippen LogP contribution < -0.4 is 15.0 Å². The summed E-state index contributed by atoms with van der Waals surface area (Å²) in [5, 5.41) is 2.73. The molecule has 0 saturated heterocycles. The molecule has 7 heteroatoms. The number of aromatic nitrogens is 1. The fraction of sp³-hybridized carbons (Fsp3) is 0.500. The summed E-state index contributed by atoms with van der Waals surface area (Å²) in [6.45, 7) is 2.03. The van der Waals surface area contributed by atoms with E-state index in [0.29, 0.717) is 18.2 Å². The second kappa shape index (κ2) is 8.08. The fourth-order valence-corrected chi connectivity index (χ4v) is 1.73. The Morgan fingerprint density at radius 2 is 2.05 bits per heavy atom. The summed E-state index contributed by atoms with van der Waals surface area (Å²) in [4.78, 5) is 29.1. The third kappa shape index (κ3) is 4.94. The monoisotopic (exact) mass is 295 g/mol. The van der Waals surface area contributed by atoms with Gasteiger partial charge in [-0.05, 0) is 13.0 Å². The van der Waals surface area contributed by atoms with Gasteiger partial charge >= 0.3 is 5.97 Å². The van der Waals surface area contributed by atoms with Crippen LogP contribution in [0.25, 0.3) is 0 Å². The van der Waals surface area contributed by atoms with Gasteiger partial charge in [0.2, 0.25) is 11.8 Å². The Morgan fingerprint density at radius 3 is 2.62 bits per heavy atom. The van der Waals surface area contributed by atoms with Crippen LogP contribution in [0.3, 0.4) is 0 Å². The highest BCUT2D eigenvalue weighted by Gasteiger charge is 2.16. The van der Waals surface area contributed by atoms with Gasteiger partial charge in [0.15, 0.2) is 0 Å². The van der Waals surface area contributed by atoms with Crippen molar-refractivity contribution >= 4 is 23.3 Å². The minimum Gasteiger partial charge on any atom is -0.479 e. The molecule has 1 amide bonds. The van der Waals surface area contributed by atoms with Gasteiger partial charge in [0, 0.05) is 26.7 Å². The number of anilines is 2. The minimum absolute atomic E-state index is 0.0412. The van der Waals surface area contributed by atoms with Gasteiger partial charge in [-0.15, -0.1) is 0 Å². The average molecular weight is 295 g/mol. The zero-order chi connectivity index (χ0) is 15.8. The highest BCUT2D eigenvalue weighted by atomic mass is 16.5. The van der Waals surface area contributed by atoms with Crippen molar-refractivity contribution in [2.75, 3.05) is 38.0 Å².